The average Bonchev–Trinajstić information content (AvgIpc) is 3.57. The maximum absolute atomic E-state index is 6.83. The van der Waals surface area contributed by atoms with E-state index in [0.717, 1.165) is 33.7 Å². The van der Waals surface area contributed by atoms with Crippen LogP contribution >= 0.6 is 0 Å². The zero-order chi connectivity index (χ0) is 33.8. The first-order chi connectivity index (χ1) is 23.5. The Bertz CT molecular complexity index is 2390. The lowest BCUT2D eigenvalue weighted by molar-refractivity contribution is 0.421. The van der Waals surface area contributed by atoms with Crippen LogP contribution in [0.25, 0.3) is 27.6 Å². The molecule has 7 aromatic rings. The fourth-order valence-corrected chi connectivity index (χ4v) is 7.79. The second kappa shape index (κ2) is 10.1. The highest BCUT2D eigenvalue weighted by Gasteiger charge is 2.78. The molecule has 2 aliphatic heterocycles. The van der Waals surface area contributed by atoms with E-state index < -0.39 is 0 Å². The standard InChI is InChI=1S/C44H41N4O/c1-43(2,3)30-14-11-16-33(24-30)47-29-48(47,41-22-10-9-21-40(41)47)34-25-31(44(4,5)6)26-36(28-34)49-35-17-12-15-32(27-35)46-39-20-8-7-18-37(39)38-19-13-23-45-42(38)46/h7-29H,1-6H3/q+1/t47-,48?/m0/s1. The van der Waals surface area contributed by atoms with Crippen molar-refractivity contribution in [3.8, 4) is 17.2 Å². The summed E-state index contributed by atoms with van der Waals surface area (Å²) in [5.41, 5.74) is 10.7. The van der Waals surface area contributed by atoms with Crippen molar-refractivity contribution in [1.82, 2.24) is 18.7 Å². The smallest absolute Gasteiger partial charge is 0.225 e. The third-order valence-corrected chi connectivity index (χ3v) is 10.4. The number of para-hydroxylation sites is 3. The molecule has 9 rings (SSSR count). The van der Waals surface area contributed by atoms with Crippen LogP contribution in [-0.2, 0) is 10.8 Å². The van der Waals surface area contributed by atoms with E-state index in [-0.39, 0.29) is 10.8 Å². The van der Waals surface area contributed by atoms with Crippen molar-refractivity contribution in [2.24, 2.45) is 0 Å². The van der Waals surface area contributed by atoms with Gasteiger partial charge in [-0.25, -0.2) is 4.98 Å². The van der Waals surface area contributed by atoms with Gasteiger partial charge in [0.25, 0.3) is 0 Å². The SMILES string of the molecule is CC(C)(C)c1cc(Oc2cccc(-n3c4ccccc4c4cccnc43)c2)cc([N+]23[CH-][N@+]2(c2cccc(C(C)(C)C)c2)c2ccccc23)c1. The van der Waals surface area contributed by atoms with E-state index in [1.165, 1.54) is 39.3 Å². The molecule has 0 spiro atoms. The Morgan fingerprint density at radius 2 is 1.24 bits per heavy atom. The van der Waals surface area contributed by atoms with Crippen LogP contribution in [0.5, 0.6) is 11.5 Å². The highest BCUT2D eigenvalue weighted by molar-refractivity contribution is 6.07. The van der Waals surface area contributed by atoms with Crippen LogP contribution in [0.15, 0.2) is 134 Å². The van der Waals surface area contributed by atoms with Crippen molar-refractivity contribution in [2.45, 2.75) is 52.4 Å². The number of rotatable bonds is 5. The number of quaternary nitrogens is 2. The highest BCUT2D eigenvalue weighted by atomic mass is 16.5. The van der Waals surface area contributed by atoms with Gasteiger partial charge in [-0.05, 0) is 58.4 Å². The second-order valence-electron chi connectivity index (χ2n) is 15.6. The summed E-state index contributed by atoms with van der Waals surface area (Å²) in [7, 11) is 0. The molecule has 5 nitrogen and oxygen atoms in total. The molecule has 0 radical (unpaired) electrons. The van der Waals surface area contributed by atoms with Gasteiger partial charge in [-0.1, -0.05) is 90.1 Å². The number of hydrogen-bond donors (Lipinski definition) is 0. The highest BCUT2D eigenvalue weighted by Crippen LogP contribution is 2.75. The van der Waals surface area contributed by atoms with Crippen molar-refractivity contribution in [3.63, 3.8) is 0 Å². The Kier molecular flexibility index (Phi) is 6.18. The van der Waals surface area contributed by atoms with Crippen molar-refractivity contribution in [1.29, 1.82) is 0 Å². The summed E-state index contributed by atoms with van der Waals surface area (Å²) in [5, 5.41) is 2.33. The van der Waals surface area contributed by atoms with Crippen molar-refractivity contribution >= 4 is 44.7 Å². The zero-order valence-corrected chi connectivity index (χ0v) is 29.0. The molecule has 0 N–H and O–H groups in total. The molecule has 242 valence electrons. The van der Waals surface area contributed by atoms with Gasteiger partial charge < -0.3 is 4.74 Å². The summed E-state index contributed by atoms with van der Waals surface area (Å²) in [4.78, 5) is 4.79. The first kappa shape index (κ1) is 29.9. The molecule has 0 aliphatic carbocycles. The Morgan fingerprint density at radius 1 is 0.571 bits per heavy atom. The largest absolute Gasteiger partial charge is 0.457 e. The Labute approximate surface area is 288 Å². The fraction of sp³-hybridized carbons (Fsp3) is 0.182. The molecule has 5 heteroatoms. The van der Waals surface area contributed by atoms with Crippen LogP contribution in [0.3, 0.4) is 0 Å². The van der Waals surface area contributed by atoms with Gasteiger partial charge in [0.15, 0.2) is 18.0 Å². The van der Waals surface area contributed by atoms with Gasteiger partial charge in [-0.3, -0.25) is 4.57 Å². The van der Waals surface area contributed by atoms with E-state index in [0.29, 0.717) is 9.18 Å². The zero-order valence-electron chi connectivity index (χ0n) is 29.0. The minimum absolute atomic E-state index is 0.0569. The lowest BCUT2D eigenvalue weighted by atomic mass is 9.86. The number of nitrogens with zero attached hydrogens (tertiary/aromatic N) is 4. The number of fused-ring (bicyclic) bond motifs is 7. The van der Waals surface area contributed by atoms with Gasteiger partial charge in [0.1, 0.15) is 17.1 Å². The van der Waals surface area contributed by atoms with E-state index in [2.05, 4.69) is 168 Å². The predicted molar refractivity (Wildman–Crippen MR) is 203 cm³/mol. The lowest BCUT2D eigenvalue weighted by Gasteiger charge is -2.40. The third kappa shape index (κ3) is 4.29. The van der Waals surface area contributed by atoms with Gasteiger partial charge in [-0.2, -0.15) is 9.18 Å². The summed E-state index contributed by atoms with van der Waals surface area (Å²) in [6.07, 6.45) is 1.86. The molecular formula is C44H41N4O+. The topological polar surface area (TPSA) is 27.1 Å². The van der Waals surface area contributed by atoms with Gasteiger partial charge in [0, 0.05) is 59.4 Å². The van der Waals surface area contributed by atoms with Crippen LogP contribution in [0.4, 0.5) is 22.7 Å². The quantitative estimate of drug-likeness (QED) is 0.106. The Hall–Kier alpha value is -5.23. The monoisotopic (exact) mass is 641 g/mol. The van der Waals surface area contributed by atoms with Gasteiger partial charge in [0.2, 0.25) is 11.4 Å². The summed E-state index contributed by atoms with van der Waals surface area (Å²) in [5.74, 6) is 1.62. The lowest BCUT2D eigenvalue weighted by Crippen LogP contribution is -2.46. The molecular weight excluding hydrogens is 601 g/mol. The number of aromatic nitrogens is 2. The normalized spacial score (nSPS) is 19.7. The van der Waals surface area contributed by atoms with Gasteiger partial charge >= 0.3 is 0 Å². The second-order valence-corrected chi connectivity index (χ2v) is 15.6. The van der Waals surface area contributed by atoms with E-state index in [9.17, 15) is 0 Å². The van der Waals surface area contributed by atoms with Gasteiger partial charge in [0.05, 0.1) is 11.2 Å². The molecule has 5 aromatic carbocycles. The number of pyridine rings is 1. The van der Waals surface area contributed by atoms with Crippen LogP contribution < -0.4 is 13.9 Å². The molecule has 49 heavy (non-hydrogen) atoms. The molecule has 2 aromatic heterocycles. The molecule has 4 heterocycles. The van der Waals surface area contributed by atoms with Crippen molar-refractivity contribution < 1.29 is 4.74 Å². The van der Waals surface area contributed by atoms with Crippen LogP contribution in [-0.4, -0.2) is 9.55 Å². The molecule has 0 saturated carbocycles. The van der Waals surface area contributed by atoms with E-state index >= 15 is 0 Å². The Morgan fingerprint density at radius 3 is 2.02 bits per heavy atom. The minimum Gasteiger partial charge on any atom is -0.457 e. The average molecular weight is 642 g/mol. The van der Waals surface area contributed by atoms with Crippen molar-refractivity contribution in [3.05, 3.63) is 151 Å². The van der Waals surface area contributed by atoms with E-state index in [1.54, 1.807) is 0 Å². The maximum Gasteiger partial charge on any atom is 0.225 e. The minimum atomic E-state index is -0.0782. The van der Waals surface area contributed by atoms with Crippen molar-refractivity contribution in [2.75, 3.05) is 0 Å². The summed E-state index contributed by atoms with van der Waals surface area (Å²) in [6.45, 7) is 16.1. The maximum atomic E-state index is 6.83. The fourth-order valence-electron chi connectivity index (χ4n) is 7.79. The first-order valence-electron chi connectivity index (χ1n) is 17.2. The number of ether oxygens (including phenoxy) is 1. The molecule has 0 amide bonds. The number of benzene rings is 5. The molecule has 2 aliphatic rings. The summed E-state index contributed by atoms with van der Waals surface area (Å²) < 4.78 is 10.4. The molecule has 1 fully saturated rings. The molecule has 0 bridgehead atoms. The van der Waals surface area contributed by atoms with Gasteiger partial charge in [-0.15, -0.1) is 0 Å². The summed E-state index contributed by atoms with van der Waals surface area (Å²) >= 11 is 0. The molecule has 1 saturated heterocycles. The van der Waals surface area contributed by atoms with E-state index in [1.807, 2.05) is 18.3 Å². The molecule has 2 atom stereocenters. The van der Waals surface area contributed by atoms with E-state index in [4.69, 9.17) is 9.72 Å². The molecule has 1 unspecified atom stereocenters. The third-order valence-electron chi connectivity index (χ3n) is 10.4. The number of hydrogen-bond acceptors (Lipinski definition) is 2. The van der Waals surface area contributed by atoms with Crippen LogP contribution in [0.2, 0.25) is 0 Å². The Balaban J connectivity index is 1.16. The first-order valence-corrected chi connectivity index (χ1v) is 17.2. The summed E-state index contributed by atoms with van der Waals surface area (Å²) in [6, 6.07) is 45.8. The predicted octanol–water partition coefficient (Wildman–Crippen LogP) is 11.9. The van der Waals surface area contributed by atoms with Crippen LogP contribution in [0.1, 0.15) is 52.7 Å². The van der Waals surface area contributed by atoms with Crippen LogP contribution in [0, 0.1) is 6.67 Å².